The van der Waals surface area contributed by atoms with Crippen molar-refractivity contribution in [2.75, 3.05) is 4.90 Å². The Morgan fingerprint density at radius 3 is 2.73 bits per heavy atom. The normalized spacial score (nSPS) is 18.1. The lowest BCUT2D eigenvalue weighted by Crippen LogP contribution is -2.46. The molecule has 1 unspecified atom stereocenters. The number of nitrogens with zero attached hydrogens (tertiary/aromatic N) is 4. The lowest BCUT2D eigenvalue weighted by atomic mass is 10.00. The summed E-state index contributed by atoms with van der Waals surface area (Å²) in [5, 5.41) is 22.5. The molecular weight excluding hydrogens is 303 g/mol. The molecule has 0 bridgehead atoms. The molecule has 0 spiro atoms. The first-order chi connectivity index (χ1) is 10.4. The van der Waals surface area contributed by atoms with Crippen molar-refractivity contribution in [1.29, 1.82) is 0 Å². The number of halogens is 3. The van der Waals surface area contributed by atoms with Crippen molar-refractivity contribution < 1.29 is 23.1 Å². The van der Waals surface area contributed by atoms with Gasteiger partial charge in [0.2, 0.25) is 0 Å². The van der Waals surface area contributed by atoms with E-state index in [-0.39, 0.29) is 18.8 Å². The van der Waals surface area contributed by atoms with Gasteiger partial charge in [-0.25, -0.2) is 4.79 Å². The minimum absolute atomic E-state index is 0.0700. The third-order valence-electron chi connectivity index (χ3n) is 3.45. The van der Waals surface area contributed by atoms with Crippen molar-refractivity contribution in [2.24, 2.45) is 0 Å². The van der Waals surface area contributed by atoms with E-state index in [1.54, 1.807) is 6.20 Å². The average molecular weight is 313 g/mol. The molecule has 0 aromatic carbocycles. The number of carboxylic acid groups (broad SMARTS) is 1. The molecule has 1 aliphatic heterocycles. The number of fused-ring (bicyclic) bond motifs is 1. The Balaban J connectivity index is 1.93. The molecule has 0 fully saturated rings. The summed E-state index contributed by atoms with van der Waals surface area (Å²) in [5.74, 6) is -1.02. The zero-order valence-corrected chi connectivity index (χ0v) is 11.0. The van der Waals surface area contributed by atoms with Crippen LogP contribution in [0, 0.1) is 0 Å². The van der Waals surface area contributed by atoms with E-state index in [1.807, 2.05) is 0 Å². The zero-order valence-electron chi connectivity index (χ0n) is 11.0. The number of aromatic amines is 1. The van der Waals surface area contributed by atoms with Crippen LogP contribution in [0.2, 0.25) is 0 Å². The fraction of sp³-hybridized carbons (Fsp3) is 0.333. The molecule has 2 N–H and O–H groups in total. The molecule has 2 aromatic rings. The Labute approximate surface area is 121 Å². The average Bonchev–Trinajstić information content (AvgIpc) is 2.92. The Hall–Kier alpha value is -2.65. The van der Waals surface area contributed by atoms with Crippen molar-refractivity contribution in [3.63, 3.8) is 0 Å². The number of aliphatic carboxylic acids is 1. The van der Waals surface area contributed by atoms with E-state index >= 15 is 0 Å². The molecule has 22 heavy (non-hydrogen) atoms. The first kappa shape index (κ1) is 14.3. The summed E-state index contributed by atoms with van der Waals surface area (Å²) in [6.07, 6.45) is -2.86. The van der Waals surface area contributed by atoms with Crippen LogP contribution in [0.5, 0.6) is 0 Å². The first-order valence-corrected chi connectivity index (χ1v) is 6.28. The lowest BCUT2D eigenvalue weighted by Gasteiger charge is -2.33. The number of nitrogens with one attached hydrogen (secondary N) is 1. The Morgan fingerprint density at radius 1 is 1.36 bits per heavy atom. The van der Waals surface area contributed by atoms with Crippen LogP contribution in [0.4, 0.5) is 19.0 Å². The number of hydrogen-bond acceptors (Lipinski definition) is 5. The highest BCUT2D eigenvalue weighted by Gasteiger charge is 2.36. The molecule has 0 saturated heterocycles. The molecule has 3 heterocycles. The smallest absolute Gasteiger partial charge is 0.435 e. The van der Waals surface area contributed by atoms with Crippen LogP contribution < -0.4 is 4.90 Å². The van der Waals surface area contributed by atoms with Gasteiger partial charge in [-0.15, -0.1) is 10.2 Å². The molecular formula is C12H10F3N5O2. The first-order valence-electron chi connectivity index (χ1n) is 6.28. The van der Waals surface area contributed by atoms with Crippen LogP contribution in [-0.2, 0) is 23.9 Å². The topological polar surface area (TPSA) is 95.0 Å². The molecule has 3 rings (SSSR count). The number of carbonyl (C=O) groups is 1. The van der Waals surface area contributed by atoms with Gasteiger partial charge in [-0.1, -0.05) is 0 Å². The van der Waals surface area contributed by atoms with Crippen molar-refractivity contribution in [3.8, 4) is 0 Å². The Kier molecular flexibility index (Phi) is 3.23. The molecule has 7 nitrogen and oxygen atoms in total. The van der Waals surface area contributed by atoms with Crippen LogP contribution in [0.25, 0.3) is 0 Å². The number of rotatable bonds is 2. The molecule has 116 valence electrons. The van der Waals surface area contributed by atoms with Gasteiger partial charge in [0.25, 0.3) is 0 Å². The molecule has 10 heteroatoms. The minimum Gasteiger partial charge on any atom is -0.480 e. The highest BCUT2D eigenvalue weighted by Crippen LogP contribution is 2.30. The summed E-state index contributed by atoms with van der Waals surface area (Å²) in [6, 6.07) is 0.966. The largest absolute Gasteiger partial charge is 0.480 e. The fourth-order valence-corrected chi connectivity index (χ4v) is 2.34. The van der Waals surface area contributed by atoms with E-state index in [2.05, 4.69) is 20.4 Å². The molecule has 1 atom stereocenters. The standard InChI is InChI=1S/C12H10F3N5O2/c13-12(14,15)9-1-2-10(19-18-9)20-5-7-6(4-16-17-7)3-8(20)11(21)22/h1-2,4,8H,3,5H2,(H,16,17)(H,21,22). The van der Waals surface area contributed by atoms with Gasteiger partial charge in [0.15, 0.2) is 11.5 Å². The molecule has 0 radical (unpaired) electrons. The summed E-state index contributed by atoms with van der Waals surface area (Å²) >= 11 is 0. The zero-order chi connectivity index (χ0) is 15.9. The molecule has 0 saturated carbocycles. The highest BCUT2D eigenvalue weighted by atomic mass is 19.4. The molecule has 0 aliphatic carbocycles. The van der Waals surface area contributed by atoms with Gasteiger partial charge in [0, 0.05) is 6.42 Å². The molecule has 2 aromatic heterocycles. The fourth-order valence-electron chi connectivity index (χ4n) is 2.34. The van der Waals surface area contributed by atoms with Gasteiger partial charge >= 0.3 is 12.1 Å². The maximum Gasteiger partial charge on any atom is 0.435 e. The van der Waals surface area contributed by atoms with Crippen molar-refractivity contribution >= 4 is 11.8 Å². The van der Waals surface area contributed by atoms with Crippen LogP contribution in [0.15, 0.2) is 18.3 Å². The summed E-state index contributed by atoms with van der Waals surface area (Å²) in [7, 11) is 0. The third kappa shape index (κ3) is 2.47. The van der Waals surface area contributed by atoms with Gasteiger partial charge in [-0.3, -0.25) is 5.10 Å². The Bertz CT molecular complexity index is 698. The number of carboxylic acids is 1. The maximum atomic E-state index is 12.5. The van der Waals surface area contributed by atoms with E-state index in [0.717, 1.165) is 17.7 Å². The molecule has 0 amide bonds. The summed E-state index contributed by atoms with van der Waals surface area (Å²) in [6.45, 7) is 0.159. The number of hydrogen-bond donors (Lipinski definition) is 2. The van der Waals surface area contributed by atoms with Crippen LogP contribution >= 0.6 is 0 Å². The predicted molar refractivity (Wildman–Crippen MR) is 66.9 cm³/mol. The van der Waals surface area contributed by atoms with E-state index < -0.39 is 23.9 Å². The van der Waals surface area contributed by atoms with Gasteiger partial charge in [-0.2, -0.15) is 18.3 Å². The van der Waals surface area contributed by atoms with Crippen molar-refractivity contribution in [2.45, 2.75) is 25.2 Å². The second-order valence-corrected chi connectivity index (χ2v) is 4.83. The van der Waals surface area contributed by atoms with Crippen LogP contribution in [0.3, 0.4) is 0 Å². The Morgan fingerprint density at radius 2 is 2.14 bits per heavy atom. The van der Waals surface area contributed by atoms with Gasteiger partial charge < -0.3 is 10.0 Å². The predicted octanol–water partition coefficient (Wildman–Crippen LogP) is 1.23. The summed E-state index contributed by atoms with van der Waals surface area (Å²) in [4.78, 5) is 12.8. The van der Waals surface area contributed by atoms with Gasteiger partial charge in [-0.05, 0) is 17.7 Å². The van der Waals surface area contributed by atoms with E-state index in [4.69, 9.17) is 0 Å². The van der Waals surface area contributed by atoms with Gasteiger partial charge in [0.05, 0.1) is 18.4 Å². The van der Waals surface area contributed by atoms with E-state index in [1.165, 1.54) is 4.90 Å². The number of anilines is 1. The lowest BCUT2D eigenvalue weighted by molar-refractivity contribution is -0.142. The summed E-state index contributed by atoms with van der Waals surface area (Å²) in [5.41, 5.74) is 0.352. The second-order valence-electron chi connectivity index (χ2n) is 4.83. The number of H-pyrrole nitrogens is 1. The monoisotopic (exact) mass is 313 g/mol. The van der Waals surface area contributed by atoms with Crippen LogP contribution in [0.1, 0.15) is 17.0 Å². The van der Waals surface area contributed by atoms with Crippen LogP contribution in [-0.4, -0.2) is 37.5 Å². The quantitative estimate of drug-likeness (QED) is 0.866. The highest BCUT2D eigenvalue weighted by molar-refractivity contribution is 5.78. The van der Waals surface area contributed by atoms with Crippen molar-refractivity contribution in [1.82, 2.24) is 20.4 Å². The van der Waals surface area contributed by atoms with E-state index in [0.29, 0.717) is 5.69 Å². The minimum atomic E-state index is -4.59. The van der Waals surface area contributed by atoms with Crippen molar-refractivity contribution in [3.05, 3.63) is 35.3 Å². The second kappa shape index (κ2) is 4.97. The molecule has 1 aliphatic rings. The van der Waals surface area contributed by atoms with Gasteiger partial charge in [0.1, 0.15) is 6.04 Å². The number of alkyl halides is 3. The SMILES string of the molecule is O=C(O)C1Cc2cn[nH]c2CN1c1ccc(C(F)(F)F)nn1. The summed E-state index contributed by atoms with van der Waals surface area (Å²) < 4.78 is 37.5. The maximum absolute atomic E-state index is 12.5. The number of aromatic nitrogens is 4. The third-order valence-corrected chi connectivity index (χ3v) is 3.45. The van der Waals surface area contributed by atoms with E-state index in [9.17, 15) is 23.1 Å².